The van der Waals surface area contributed by atoms with Gasteiger partial charge in [0.15, 0.2) is 0 Å². The molecule has 0 nitrogen and oxygen atoms in total. The Labute approximate surface area is 374 Å². The van der Waals surface area contributed by atoms with Gasteiger partial charge in [-0.05, 0) is 69.5 Å². The molecule has 0 radical (unpaired) electrons. The van der Waals surface area contributed by atoms with Crippen LogP contribution in [-0.2, 0) is 37.1 Å². The fourth-order valence-electron chi connectivity index (χ4n) is 6.46. The fourth-order valence-corrected chi connectivity index (χ4v) is 6.88. The Bertz CT molecular complexity index is 2030. The SMILES string of the molecule is Cc1cc2c(cc1-c1ccccc1)Cc1[c-]c(CC(c3ccccc3)C(C)C)ccc1-2.Cl.Cl.[C-]1=CC=CC1.[CH2-]c1cccc(Cl)c1.[CH2-]c1cccc(Cl)c1.[CH2]=[Zr]. The predicted molar refractivity (Wildman–Crippen MR) is 246 cm³/mol. The Morgan fingerprint density at radius 1 is 0.696 bits per heavy atom. The van der Waals surface area contributed by atoms with Crippen LogP contribution in [0.25, 0.3) is 22.3 Å². The molecule has 2 aliphatic carbocycles. The Morgan fingerprint density at radius 2 is 1.29 bits per heavy atom. The summed E-state index contributed by atoms with van der Waals surface area (Å²) < 4.78 is 3.34. The second kappa shape index (κ2) is 25.7. The number of allylic oxidation sites excluding steroid dienone is 4. The number of rotatable bonds is 5. The maximum atomic E-state index is 5.60. The summed E-state index contributed by atoms with van der Waals surface area (Å²) in [6.45, 7) is 14.3. The van der Waals surface area contributed by atoms with Crippen molar-refractivity contribution in [2.24, 2.45) is 5.92 Å². The molecule has 0 aromatic heterocycles. The third kappa shape index (κ3) is 15.1. The van der Waals surface area contributed by atoms with Crippen molar-refractivity contribution in [3.8, 4) is 22.3 Å². The van der Waals surface area contributed by atoms with E-state index >= 15 is 0 Å². The topological polar surface area (TPSA) is 0 Å². The summed E-state index contributed by atoms with van der Waals surface area (Å²) in [5.41, 5.74) is 14.2. The zero-order valence-electron chi connectivity index (χ0n) is 32.4. The molecule has 5 heteroatoms. The molecule has 0 amide bonds. The van der Waals surface area contributed by atoms with Gasteiger partial charge in [-0.3, -0.25) is 6.08 Å². The molecule has 0 fully saturated rings. The summed E-state index contributed by atoms with van der Waals surface area (Å²) in [5, 5.41) is 1.50. The summed E-state index contributed by atoms with van der Waals surface area (Å²) in [4.78, 5) is 0. The van der Waals surface area contributed by atoms with Crippen molar-refractivity contribution in [2.75, 3.05) is 0 Å². The quantitative estimate of drug-likeness (QED) is 0.151. The molecular formula is C51H50Cl4Zr-4. The number of aryl methyl sites for hydroxylation is 1. The number of hydrogen-bond donors (Lipinski definition) is 0. The van der Waals surface area contributed by atoms with Crippen LogP contribution in [0.4, 0.5) is 0 Å². The minimum absolute atomic E-state index is 0. The van der Waals surface area contributed by atoms with Gasteiger partial charge in [-0.15, -0.1) is 66.6 Å². The second-order valence-electron chi connectivity index (χ2n) is 13.5. The zero-order valence-corrected chi connectivity index (χ0v) is 38.0. The van der Waals surface area contributed by atoms with Crippen LogP contribution in [0.5, 0.6) is 0 Å². The Hall–Kier alpha value is -3.55. The van der Waals surface area contributed by atoms with Crippen molar-refractivity contribution in [1.82, 2.24) is 0 Å². The Balaban J connectivity index is 0.000000351. The molecule has 2 aliphatic rings. The molecular weight excluding hydrogens is 846 g/mol. The van der Waals surface area contributed by atoms with Gasteiger partial charge in [-0.1, -0.05) is 128 Å². The van der Waals surface area contributed by atoms with Gasteiger partial charge in [-0.2, -0.15) is 66.9 Å². The molecule has 1 atom stereocenters. The third-order valence-corrected chi connectivity index (χ3v) is 9.59. The van der Waals surface area contributed by atoms with Gasteiger partial charge in [0.05, 0.1) is 0 Å². The number of benzene rings is 6. The van der Waals surface area contributed by atoms with Gasteiger partial charge in [0, 0.05) is 0 Å². The summed E-state index contributed by atoms with van der Waals surface area (Å²) in [6, 6.07) is 49.8. The predicted octanol–water partition coefficient (Wildman–Crippen LogP) is 15.2. The normalized spacial score (nSPS) is 11.5. The van der Waals surface area contributed by atoms with Crippen molar-refractivity contribution >= 4 is 52.2 Å². The first-order chi connectivity index (χ1) is 26.2. The van der Waals surface area contributed by atoms with E-state index < -0.39 is 0 Å². The molecule has 0 saturated heterocycles. The first-order valence-electron chi connectivity index (χ1n) is 18.2. The van der Waals surface area contributed by atoms with E-state index in [1.807, 2.05) is 60.7 Å². The maximum absolute atomic E-state index is 5.60. The number of hydrogen-bond acceptors (Lipinski definition) is 0. The molecule has 290 valence electrons. The van der Waals surface area contributed by atoms with Crippen LogP contribution < -0.4 is 0 Å². The first kappa shape index (κ1) is 48.6. The van der Waals surface area contributed by atoms with Crippen LogP contribution in [0, 0.1) is 38.8 Å². The Kier molecular flexibility index (Phi) is 22.3. The average Bonchev–Trinajstić information content (AvgIpc) is 3.87. The molecule has 6 aromatic carbocycles. The van der Waals surface area contributed by atoms with E-state index in [-0.39, 0.29) is 24.8 Å². The molecule has 1 unspecified atom stereocenters. The fraction of sp³-hybridized carbons (Fsp3) is 0.157. The van der Waals surface area contributed by atoms with Gasteiger partial charge >= 0.3 is 28.4 Å². The van der Waals surface area contributed by atoms with Crippen LogP contribution in [0.1, 0.15) is 65.1 Å². The molecule has 8 rings (SSSR count). The van der Waals surface area contributed by atoms with Crippen molar-refractivity contribution in [3.63, 3.8) is 0 Å². The molecule has 0 saturated carbocycles. The summed E-state index contributed by atoms with van der Waals surface area (Å²) in [5.74, 6) is 1.11. The van der Waals surface area contributed by atoms with E-state index in [1.165, 1.54) is 74.3 Å². The van der Waals surface area contributed by atoms with Crippen molar-refractivity contribution in [2.45, 2.75) is 46.0 Å². The van der Waals surface area contributed by atoms with E-state index in [9.17, 15) is 0 Å². The van der Waals surface area contributed by atoms with Crippen LogP contribution in [-0.4, -0.2) is 4.21 Å². The minimum atomic E-state index is 0. The van der Waals surface area contributed by atoms with E-state index in [0.29, 0.717) is 11.8 Å². The van der Waals surface area contributed by atoms with E-state index in [4.69, 9.17) is 23.2 Å². The van der Waals surface area contributed by atoms with Gasteiger partial charge in [0.2, 0.25) is 0 Å². The van der Waals surface area contributed by atoms with Crippen LogP contribution >= 0.6 is 48.0 Å². The van der Waals surface area contributed by atoms with Crippen molar-refractivity contribution in [3.05, 3.63) is 227 Å². The number of fused-ring (bicyclic) bond motifs is 3. The summed E-state index contributed by atoms with van der Waals surface area (Å²) >= 11 is 12.5. The van der Waals surface area contributed by atoms with Gasteiger partial charge < -0.3 is 0 Å². The van der Waals surface area contributed by atoms with Crippen LogP contribution in [0.15, 0.2) is 152 Å². The van der Waals surface area contributed by atoms with Crippen LogP contribution in [0.3, 0.4) is 0 Å². The molecule has 0 bridgehead atoms. The van der Waals surface area contributed by atoms with Gasteiger partial charge in [0.1, 0.15) is 0 Å². The third-order valence-electron chi connectivity index (χ3n) is 9.12. The standard InChI is InChI=1S/C31H29.2C7H6Cl.C5H5.CH2.2ClH.Zr/c1-21(2)29(24-10-6-4-7-11-24)18-23-14-15-28-26(17-23)19-27-20-30(22(3)16-31(27)28)25-12-8-5-9-13-25;2*1-6-3-2-4-7(8)5-6;1-2-4-5-3-1;;;;/h4-16,20-21,29H,18-19H2,1-3H3;2*2-5H,1H2;1-3H,4H2;1H2;2*1H;/q4*-1;;;;. The summed E-state index contributed by atoms with van der Waals surface area (Å²) in [7, 11) is 0. The molecule has 6 aromatic rings. The van der Waals surface area contributed by atoms with Crippen molar-refractivity contribution in [1.29, 1.82) is 0 Å². The molecule has 0 N–H and O–H groups in total. The van der Waals surface area contributed by atoms with Crippen molar-refractivity contribution < 1.29 is 24.2 Å². The number of halogens is 4. The summed E-state index contributed by atoms with van der Waals surface area (Å²) in [6.07, 6.45) is 12.0. The molecule has 0 aliphatic heterocycles. The first-order valence-corrected chi connectivity index (χ1v) is 20.7. The van der Waals surface area contributed by atoms with E-state index in [2.05, 4.69) is 142 Å². The van der Waals surface area contributed by atoms with Gasteiger partial charge in [-0.25, -0.2) is 12.2 Å². The molecule has 0 heterocycles. The molecule has 56 heavy (non-hydrogen) atoms. The van der Waals surface area contributed by atoms with E-state index in [0.717, 1.165) is 40.4 Å². The van der Waals surface area contributed by atoms with Crippen LogP contribution in [0.2, 0.25) is 10.0 Å². The monoisotopic (exact) mass is 892 g/mol. The Morgan fingerprint density at radius 3 is 1.75 bits per heavy atom. The average molecular weight is 896 g/mol. The van der Waals surface area contributed by atoms with E-state index in [1.54, 1.807) is 0 Å². The molecule has 0 spiro atoms. The zero-order chi connectivity index (χ0) is 38.9. The second-order valence-corrected chi connectivity index (χ2v) is 14.3. The van der Waals surface area contributed by atoms with Gasteiger partial charge in [0.25, 0.3) is 0 Å².